The highest BCUT2D eigenvalue weighted by Crippen LogP contribution is 1.97. The maximum Gasteiger partial charge on any atom is 0.243 e. The Morgan fingerprint density at radius 2 is 2.33 bits per heavy atom. The van der Waals surface area contributed by atoms with E-state index < -0.39 is 0 Å². The molecule has 0 bridgehead atoms. The van der Waals surface area contributed by atoms with Gasteiger partial charge < -0.3 is 16.0 Å². The van der Waals surface area contributed by atoms with E-state index in [-0.39, 0.29) is 0 Å². The molecule has 0 aliphatic carbocycles. The first kappa shape index (κ1) is 8.79. The van der Waals surface area contributed by atoms with Gasteiger partial charge >= 0.3 is 0 Å². The molecule has 0 saturated heterocycles. The Kier molecular flexibility index (Phi) is 2.87. The summed E-state index contributed by atoms with van der Waals surface area (Å²) in [5.41, 5.74) is 5.33. The summed E-state index contributed by atoms with van der Waals surface area (Å²) < 4.78 is 0. The van der Waals surface area contributed by atoms with Crippen molar-refractivity contribution in [2.75, 3.05) is 38.2 Å². The van der Waals surface area contributed by atoms with Crippen LogP contribution in [0, 0.1) is 0 Å². The lowest BCUT2D eigenvalue weighted by atomic mass is 10.6. The molecular formula is C6H14N6. The fourth-order valence-corrected chi connectivity index (χ4v) is 0.745. The van der Waals surface area contributed by atoms with Crippen LogP contribution in [0.3, 0.4) is 0 Å². The highest BCUT2D eigenvalue weighted by molar-refractivity contribution is 5.29. The first-order chi connectivity index (χ1) is 5.68. The quantitative estimate of drug-likeness (QED) is 0.560. The minimum absolute atomic E-state index is 0.336. The van der Waals surface area contributed by atoms with Crippen molar-refractivity contribution in [1.29, 1.82) is 0 Å². The van der Waals surface area contributed by atoms with Crippen LogP contribution in [0.15, 0.2) is 0 Å². The van der Waals surface area contributed by atoms with Crippen molar-refractivity contribution in [3.63, 3.8) is 0 Å². The summed E-state index contributed by atoms with van der Waals surface area (Å²) in [6.45, 7) is 1.75. The zero-order valence-electron chi connectivity index (χ0n) is 7.33. The summed E-state index contributed by atoms with van der Waals surface area (Å²) >= 11 is 0. The van der Waals surface area contributed by atoms with Gasteiger partial charge in [-0.1, -0.05) is 0 Å². The SMILES string of the molecule is CN(C)CCNc1n[nH]c(N)n1. The van der Waals surface area contributed by atoms with Gasteiger partial charge in [0.15, 0.2) is 0 Å². The van der Waals surface area contributed by atoms with Crippen LogP contribution in [0.5, 0.6) is 0 Å². The summed E-state index contributed by atoms with van der Waals surface area (Å²) in [6.07, 6.45) is 0. The number of anilines is 2. The molecule has 0 spiro atoms. The summed E-state index contributed by atoms with van der Waals surface area (Å²) in [7, 11) is 4.02. The smallest absolute Gasteiger partial charge is 0.243 e. The second-order valence-corrected chi connectivity index (χ2v) is 2.77. The van der Waals surface area contributed by atoms with Crippen molar-refractivity contribution in [3.8, 4) is 0 Å². The number of hydrogen-bond acceptors (Lipinski definition) is 5. The topological polar surface area (TPSA) is 82.9 Å². The lowest BCUT2D eigenvalue weighted by Crippen LogP contribution is -2.21. The first-order valence-corrected chi connectivity index (χ1v) is 3.75. The van der Waals surface area contributed by atoms with E-state index >= 15 is 0 Å². The average Bonchev–Trinajstić information content (AvgIpc) is 2.35. The molecule has 12 heavy (non-hydrogen) atoms. The molecule has 6 heteroatoms. The average molecular weight is 170 g/mol. The summed E-state index contributed by atoms with van der Waals surface area (Å²) in [6, 6.07) is 0. The van der Waals surface area contributed by atoms with Gasteiger partial charge in [0.05, 0.1) is 0 Å². The lowest BCUT2D eigenvalue weighted by molar-refractivity contribution is 0.425. The lowest BCUT2D eigenvalue weighted by Gasteiger charge is -2.08. The van der Waals surface area contributed by atoms with Crippen molar-refractivity contribution in [2.45, 2.75) is 0 Å². The number of aromatic amines is 1. The molecule has 68 valence electrons. The molecule has 4 N–H and O–H groups in total. The van der Waals surface area contributed by atoms with Gasteiger partial charge in [0.1, 0.15) is 0 Å². The van der Waals surface area contributed by atoms with Crippen LogP contribution in [-0.4, -0.2) is 47.3 Å². The van der Waals surface area contributed by atoms with Gasteiger partial charge in [-0.05, 0) is 14.1 Å². The summed E-state index contributed by atoms with van der Waals surface area (Å²) in [4.78, 5) is 5.96. The van der Waals surface area contributed by atoms with Crippen LogP contribution in [-0.2, 0) is 0 Å². The Morgan fingerprint density at radius 1 is 1.58 bits per heavy atom. The molecule has 1 aromatic heterocycles. The van der Waals surface area contributed by atoms with E-state index in [9.17, 15) is 0 Å². The van der Waals surface area contributed by atoms with Gasteiger partial charge in [-0.3, -0.25) is 0 Å². The van der Waals surface area contributed by atoms with Crippen molar-refractivity contribution in [2.24, 2.45) is 0 Å². The van der Waals surface area contributed by atoms with Crippen LogP contribution in [0.1, 0.15) is 0 Å². The predicted octanol–water partition coefficient (Wildman–Crippen LogP) is -0.640. The zero-order valence-corrected chi connectivity index (χ0v) is 7.33. The van der Waals surface area contributed by atoms with E-state index in [1.807, 2.05) is 14.1 Å². The number of nitrogens with one attached hydrogen (secondary N) is 2. The van der Waals surface area contributed by atoms with Gasteiger partial charge in [-0.25, -0.2) is 5.10 Å². The molecule has 0 aliphatic heterocycles. The van der Waals surface area contributed by atoms with Crippen LogP contribution in [0.4, 0.5) is 11.9 Å². The van der Waals surface area contributed by atoms with Gasteiger partial charge in [-0.2, -0.15) is 4.98 Å². The summed E-state index contributed by atoms with van der Waals surface area (Å²) in [5.74, 6) is 0.886. The fraction of sp³-hybridized carbons (Fsp3) is 0.667. The van der Waals surface area contributed by atoms with E-state index in [1.54, 1.807) is 0 Å². The van der Waals surface area contributed by atoms with Crippen LogP contribution in [0.25, 0.3) is 0 Å². The van der Waals surface area contributed by atoms with Gasteiger partial charge in [0.2, 0.25) is 11.9 Å². The molecule has 0 radical (unpaired) electrons. The van der Waals surface area contributed by atoms with Crippen molar-refractivity contribution in [1.82, 2.24) is 20.1 Å². The molecule has 1 heterocycles. The zero-order chi connectivity index (χ0) is 8.97. The maximum absolute atomic E-state index is 5.33. The number of H-pyrrole nitrogens is 1. The highest BCUT2D eigenvalue weighted by atomic mass is 15.3. The van der Waals surface area contributed by atoms with Gasteiger partial charge in [0.25, 0.3) is 0 Å². The second-order valence-electron chi connectivity index (χ2n) is 2.77. The fourth-order valence-electron chi connectivity index (χ4n) is 0.745. The van der Waals surface area contributed by atoms with Gasteiger partial charge in [0, 0.05) is 13.1 Å². The largest absolute Gasteiger partial charge is 0.368 e. The minimum Gasteiger partial charge on any atom is -0.368 e. The highest BCUT2D eigenvalue weighted by Gasteiger charge is 1.97. The number of hydrogen-bond donors (Lipinski definition) is 3. The molecule has 1 rings (SSSR count). The summed E-state index contributed by atoms with van der Waals surface area (Å²) in [5, 5.41) is 9.39. The Labute approximate surface area is 71.2 Å². The predicted molar refractivity (Wildman–Crippen MR) is 47.8 cm³/mol. The van der Waals surface area contributed by atoms with Crippen molar-refractivity contribution < 1.29 is 0 Å². The van der Waals surface area contributed by atoms with Crippen molar-refractivity contribution in [3.05, 3.63) is 0 Å². The molecule has 0 amide bonds. The number of nitrogens with zero attached hydrogens (tertiary/aromatic N) is 3. The molecule has 6 nitrogen and oxygen atoms in total. The number of likely N-dealkylation sites (N-methyl/N-ethyl adjacent to an activating group) is 1. The second kappa shape index (κ2) is 3.91. The standard InChI is InChI=1S/C6H14N6/c1-12(2)4-3-8-6-9-5(7)10-11-6/h3-4H2,1-2H3,(H4,7,8,9,10,11). The van der Waals surface area contributed by atoms with Crippen LogP contribution < -0.4 is 11.1 Å². The number of aromatic nitrogens is 3. The monoisotopic (exact) mass is 170 g/mol. The van der Waals surface area contributed by atoms with E-state index in [4.69, 9.17) is 5.73 Å². The molecule has 0 saturated carbocycles. The first-order valence-electron chi connectivity index (χ1n) is 3.75. The Morgan fingerprint density at radius 3 is 2.83 bits per heavy atom. The van der Waals surface area contributed by atoms with E-state index in [2.05, 4.69) is 25.4 Å². The van der Waals surface area contributed by atoms with Crippen LogP contribution in [0.2, 0.25) is 0 Å². The molecule has 0 fully saturated rings. The van der Waals surface area contributed by atoms with Crippen molar-refractivity contribution >= 4 is 11.9 Å². The third-order valence-electron chi connectivity index (χ3n) is 1.34. The molecule has 0 unspecified atom stereocenters. The normalized spacial score (nSPS) is 10.6. The number of rotatable bonds is 4. The number of nitrogen functional groups attached to an aromatic ring is 1. The third kappa shape index (κ3) is 2.75. The maximum atomic E-state index is 5.33. The minimum atomic E-state index is 0.336. The van der Waals surface area contributed by atoms with Gasteiger partial charge in [-0.15, -0.1) is 5.10 Å². The molecule has 1 aromatic rings. The Balaban J connectivity index is 2.24. The third-order valence-corrected chi connectivity index (χ3v) is 1.34. The van der Waals surface area contributed by atoms with E-state index in [0.29, 0.717) is 11.9 Å². The Bertz CT molecular complexity index is 230. The van der Waals surface area contributed by atoms with E-state index in [1.165, 1.54) is 0 Å². The molecule has 0 aromatic carbocycles. The number of nitrogens with two attached hydrogens (primary N) is 1. The van der Waals surface area contributed by atoms with E-state index in [0.717, 1.165) is 13.1 Å². The molecule has 0 atom stereocenters. The molecular weight excluding hydrogens is 156 g/mol. The Hall–Kier alpha value is -1.30. The van der Waals surface area contributed by atoms with Crippen LogP contribution >= 0.6 is 0 Å². The molecule has 0 aliphatic rings.